The Morgan fingerprint density at radius 2 is 1.79 bits per heavy atom. The van der Waals surface area contributed by atoms with Gasteiger partial charge in [0.25, 0.3) is 0 Å². The van der Waals surface area contributed by atoms with E-state index >= 15 is 0 Å². The van der Waals surface area contributed by atoms with Gasteiger partial charge in [0, 0.05) is 12.2 Å². The van der Waals surface area contributed by atoms with Crippen molar-refractivity contribution in [3.63, 3.8) is 0 Å². The molecule has 10 heteroatoms. The van der Waals surface area contributed by atoms with Crippen LogP contribution in [0.15, 0.2) is 24.3 Å². The molecular formula is C19H26N4O6. The Balaban J connectivity index is 2.06. The molecule has 0 heterocycles. The molecule has 7 N–H and O–H groups in total. The Morgan fingerprint density at radius 3 is 2.28 bits per heavy atom. The molecule has 1 unspecified atom stereocenters. The number of carbonyl (C=O) groups is 4. The first-order valence-corrected chi connectivity index (χ1v) is 9.37. The van der Waals surface area contributed by atoms with Gasteiger partial charge in [0.1, 0.15) is 11.5 Å². The second-order valence-electron chi connectivity index (χ2n) is 7.04. The van der Waals surface area contributed by atoms with E-state index in [0.29, 0.717) is 24.1 Å². The monoisotopic (exact) mass is 406 g/mol. The smallest absolute Gasteiger partial charge is 0.319 e. The highest BCUT2D eigenvalue weighted by molar-refractivity contribution is 6.05. The number of hydrogen-bond donors (Lipinski definition) is 6. The number of anilines is 1. The predicted molar refractivity (Wildman–Crippen MR) is 104 cm³/mol. The topological polar surface area (TPSA) is 171 Å². The molecular weight excluding hydrogens is 380 g/mol. The number of carboxylic acid groups (broad SMARTS) is 1. The van der Waals surface area contributed by atoms with Crippen LogP contribution in [-0.4, -0.2) is 46.6 Å². The van der Waals surface area contributed by atoms with E-state index in [4.69, 9.17) is 10.8 Å². The van der Waals surface area contributed by atoms with Gasteiger partial charge in [-0.2, -0.15) is 0 Å². The summed E-state index contributed by atoms with van der Waals surface area (Å²) in [4.78, 5) is 47.6. The zero-order chi connectivity index (χ0) is 21.4. The van der Waals surface area contributed by atoms with Crippen molar-refractivity contribution in [2.45, 2.75) is 44.8 Å². The molecule has 158 valence electrons. The highest BCUT2D eigenvalue weighted by atomic mass is 16.4. The molecule has 1 aliphatic rings. The third-order valence-electron chi connectivity index (χ3n) is 5.05. The number of hydrogen-bond acceptors (Lipinski definition) is 5. The van der Waals surface area contributed by atoms with E-state index in [1.165, 1.54) is 0 Å². The number of primary amides is 1. The maximum atomic E-state index is 12.7. The van der Waals surface area contributed by atoms with Gasteiger partial charge in [-0.15, -0.1) is 0 Å². The summed E-state index contributed by atoms with van der Waals surface area (Å²) in [6, 6.07) is 4.84. The van der Waals surface area contributed by atoms with Crippen LogP contribution in [0, 0.1) is 5.41 Å². The fourth-order valence-corrected chi connectivity index (χ4v) is 3.07. The normalized spacial score (nSPS) is 15.5. The van der Waals surface area contributed by atoms with Crippen LogP contribution in [0.3, 0.4) is 0 Å². The fraction of sp³-hybridized carbons (Fsp3) is 0.474. The molecule has 0 aliphatic heterocycles. The minimum absolute atomic E-state index is 0.128. The highest BCUT2D eigenvalue weighted by Crippen LogP contribution is 2.41. The maximum Gasteiger partial charge on any atom is 0.319 e. The van der Waals surface area contributed by atoms with Gasteiger partial charge < -0.3 is 31.9 Å². The Labute approximate surface area is 167 Å². The molecule has 1 aromatic carbocycles. The van der Waals surface area contributed by atoms with E-state index in [0.717, 1.165) is 0 Å². The van der Waals surface area contributed by atoms with Gasteiger partial charge in [-0.1, -0.05) is 18.6 Å². The minimum atomic E-state index is -1.49. The standard InChI is InChI=1S/C19H26N4O6/c20-18(29)21-10-1-3-14(23-16(26)19(17(27)28)8-2-9-19)15(25)22-13-6-4-12(11-24)5-7-13/h4-7,14,24H,1-3,8-11H2,(H,22,25)(H,23,26)(H,27,28)(H3,20,21,29). The van der Waals surface area contributed by atoms with Crippen molar-refractivity contribution in [3.8, 4) is 0 Å². The zero-order valence-electron chi connectivity index (χ0n) is 15.9. The summed E-state index contributed by atoms with van der Waals surface area (Å²) in [6.07, 6.45) is 1.63. The first kappa shape index (κ1) is 22.2. The van der Waals surface area contributed by atoms with Crippen molar-refractivity contribution < 1.29 is 29.4 Å². The minimum Gasteiger partial charge on any atom is -0.480 e. The summed E-state index contributed by atoms with van der Waals surface area (Å²) in [5.41, 5.74) is 4.67. The Kier molecular flexibility index (Phi) is 7.54. The van der Waals surface area contributed by atoms with Gasteiger partial charge in [0.2, 0.25) is 11.8 Å². The van der Waals surface area contributed by atoms with Gasteiger partial charge in [-0.25, -0.2) is 4.79 Å². The molecule has 29 heavy (non-hydrogen) atoms. The predicted octanol–water partition coefficient (Wildman–Crippen LogP) is 0.306. The molecule has 0 spiro atoms. The lowest BCUT2D eigenvalue weighted by Gasteiger charge is -2.36. The molecule has 1 aliphatic carbocycles. The second kappa shape index (κ2) is 9.87. The molecule has 4 amide bonds. The number of carboxylic acids is 1. The van der Waals surface area contributed by atoms with Gasteiger partial charge in [-0.3, -0.25) is 14.4 Å². The highest BCUT2D eigenvalue weighted by Gasteiger charge is 2.51. The fourth-order valence-electron chi connectivity index (χ4n) is 3.07. The molecule has 1 aromatic rings. The van der Waals surface area contributed by atoms with Gasteiger partial charge >= 0.3 is 12.0 Å². The zero-order valence-corrected chi connectivity index (χ0v) is 15.9. The molecule has 2 rings (SSSR count). The molecule has 0 radical (unpaired) electrons. The van der Waals surface area contributed by atoms with Crippen molar-refractivity contribution in [3.05, 3.63) is 29.8 Å². The average Bonchev–Trinajstić information content (AvgIpc) is 2.63. The van der Waals surface area contributed by atoms with E-state index in [2.05, 4.69) is 16.0 Å². The number of amides is 4. The molecule has 1 fully saturated rings. The SMILES string of the molecule is NC(=O)NCCCC(NC(=O)C1(C(=O)O)CCC1)C(=O)Nc1ccc(CO)cc1. The van der Waals surface area contributed by atoms with Crippen LogP contribution in [0.2, 0.25) is 0 Å². The number of benzene rings is 1. The molecule has 1 saturated carbocycles. The third-order valence-corrected chi connectivity index (χ3v) is 5.05. The van der Waals surface area contributed by atoms with Crippen LogP contribution < -0.4 is 21.7 Å². The largest absolute Gasteiger partial charge is 0.480 e. The number of nitrogens with one attached hydrogen (secondary N) is 3. The number of carbonyl (C=O) groups excluding carboxylic acids is 3. The van der Waals surface area contributed by atoms with E-state index < -0.39 is 35.3 Å². The Morgan fingerprint density at radius 1 is 1.14 bits per heavy atom. The van der Waals surface area contributed by atoms with Gasteiger partial charge in [0.15, 0.2) is 0 Å². The quantitative estimate of drug-likeness (QED) is 0.241. The number of aliphatic hydroxyl groups excluding tert-OH is 1. The van der Waals surface area contributed by atoms with Crippen molar-refractivity contribution in [2.24, 2.45) is 11.1 Å². The van der Waals surface area contributed by atoms with Crippen molar-refractivity contribution in [2.75, 3.05) is 11.9 Å². The van der Waals surface area contributed by atoms with E-state index in [9.17, 15) is 24.3 Å². The molecule has 0 saturated heterocycles. The van der Waals surface area contributed by atoms with Crippen LogP contribution in [0.4, 0.5) is 10.5 Å². The first-order valence-electron chi connectivity index (χ1n) is 9.37. The molecule has 1 atom stereocenters. The van der Waals surface area contributed by atoms with Gasteiger partial charge in [0.05, 0.1) is 6.61 Å². The number of rotatable bonds is 10. The van der Waals surface area contributed by atoms with E-state index in [1.54, 1.807) is 24.3 Å². The summed E-state index contributed by atoms with van der Waals surface area (Å²) in [7, 11) is 0. The van der Waals surface area contributed by atoms with Crippen LogP contribution in [0.25, 0.3) is 0 Å². The second-order valence-corrected chi connectivity index (χ2v) is 7.04. The third kappa shape index (κ3) is 5.67. The van der Waals surface area contributed by atoms with Crippen LogP contribution >= 0.6 is 0 Å². The maximum absolute atomic E-state index is 12.7. The summed E-state index contributed by atoms with van der Waals surface area (Å²) in [5, 5.41) is 26.1. The summed E-state index contributed by atoms with van der Waals surface area (Å²) in [5.74, 6) is -2.39. The van der Waals surface area contributed by atoms with Gasteiger partial charge in [-0.05, 0) is 43.4 Å². The molecule has 10 nitrogen and oxygen atoms in total. The van der Waals surface area contributed by atoms with E-state index in [1.807, 2.05) is 0 Å². The Bertz CT molecular complexity index is 760. The average molecular weight is 406 g/mol. The van der Waals surface area contributed by atoms with Crippen LogP contribution in [0.1, 0.15) is 37.7 Å². The lowest BCUT2D eigenvalue weighted by Crippen LogP contribution is -2.55. The van der Waals surface area contributed by atoms with Crippen LogP contribution in [0.5, 0.6) is 0 Å². The Hall–Kier alpha value is -3.14. The van der Waals surface area contributed by atoms with Crippen molar-refractivity contribution >= 4 is 29.5 Å². The number of urea groups is 1. The summed E-state index contributed by atoms with van der Waals surface area (Å²) in [6.45, 7) is 0.0846. The number of aliphatic hydroxyl groups is 1. The molecule has 0 bridgehead atoms. The lowest BCUT2D eigenvalue weighted by molar-refractivity contribution is -0.162. The van der Waals surface area contributed by atoms with E-state index in [-0.39, 0.29) is 32.4 Å². The summed E-state index contributed by atoms with van der Waals surface area (Å²) >= 11 is 0. The van der Waals surface area contributed by atoms with Crippen molar-refractivity contribution in [1.82, 2.24) is 10.6 Å². The number of nitrogens with two attached hydrogens (primary N) is 1. The lowest BCUT2D eigenvalue weighted by atomic mass is 9.68. The first-order chi connectivity index (χ1) is 13.8. The number of aliphatic carboxylic acids is 1. The summed E-state index contributed by atoms with van der Waals surface area (Å²) < 4.78 is 0. The van der Waals surface area contributed by atoms with Crippen LogP contribution in [-0.2, 0) is 21.0 Å². The van der Waals surface area contributed by atoms with Crippen molar-refractivity contribution in [1.29, 1.82) is 0 Å². The molecule has 0 aromatic heterocycles.